The number of halogens is 1. The minimum Gasteiger partial charge on any atom is -0.347 e. The smallest absolute Gasteiger partial charge is 0.268 e. The third kappa shape index (κ3) is 1.67. The first-order valence-corrected chi connectivity index (χ1v) is 7.01. The van der Waals surface area contributed by atoms with Gasteiger partial charge in [0, 0.05) is 31.4 Å². The molecule has 4 rings (SSSR count). The summed E-state index contributed by atoms with van der Waals surface area (Å²) in [5, 5.41) is 7.14. The molecular weight excluding hydrogens is 250 g/mol. The van der Waals surface area contributed by atoms with Crippen molar-refractivity contribution in [3.63, 3.8) is 0 Å². The lowest BCUT2D eigenvalue weighted by molar-refractivity contribution is 0.0937. The second-order valence-electron chi connectivity index (χ2n) is 5.67. The van der Waals surface area contributed by atoms with Crippen molar-refractivity contribution in [2.45, 2.75) is 24.9 Å². The highest BCUT2D eigenvalue weighted by Gasteiger charge is 2.53. The summed E-state index contributed by atoms with van der Waals surface area (Å²) in [5.41, 5.74) is 0.723. The molecule has 2 saturated carbocycles. The van der Waals surface area contributed by atoms with E-state index in [1.165, 1.54) is 0 Å². The molecule has 1 aliphatic heterocycles. The number of nitrogens with zero attached hydrogens (tertiary/aromatic N) is 1. The Morgan fingerprint density at radius 2 is 2.11 bits per heavy atom. The van der Waals surface area contributed by atoms with Crippen LogP contribution in [0.3, 0.4) is 0 Å². The number of rotatable bonds is 3. The first kappa shape index (κ1) is 10.9. The van der Waals surface area contributed by atoms with E-state index in [9.17, 15) is 4.79 Å². The van der Waals surface area contributed by atoms with Crippen LogP contribution in [0.4, 0.5) is 0 Å². The highest BCUT2D eigenvalue weighted by atomic mass is 35.5. The second kappa shape index (κ2) is 3.75. The maximum absolute atomic E-state index is 12.3. The van der Waals surface area contributed by atoms with E-state index < -0.39 is 0 Å². The summed E-state index contributed by atoms with van der Waals surface area (Å²) in [6.45, 7) is 2.08. The molecule has 18 heavy (non-hydrogen) atoms. The monoisotopic (exact) mass is 265 g/mol. The Hall–Kier alpha value is -1.00. The molecule has 1 aromatic heterocycles. The van der Waals surface area contributed by atoms with Crippen LogP contribution >= 0.6 is 11.6 Å². The van der Waals surface area contributed by atoms with Crippen LogP contribution in [-0.2, 0) is 0 Å². The fourth-order valence-electron chi connectivity index (χ4n) is 3.14. The summed E-state index contributed by atoms with van der Waals surface area (Å²) >= 11 is 6.02. The van der Waals surface area contributed by atoms with Gasteiger partial charge in [-0.15, -0.1) is 0 Å². The molecule has 0 bridgehead atoms. The van der Waals surface area contributed by atoms with E-state index in [0.29, 0.717) is 28.9 Å². The molecule has 4 nitrogen and oxygen atoms in total. The number of carbonyl (C=O) groups excluding carboxylic acids is 1. The van der Waals surface area contributed by atoms with Crippen LogP contribution in [0.15, 0.2) is 12.3 Å². The normalized spacial score (nSPS) is 33.3. The van der Waals surface area contributed by atoms with Crippen LogP contribution in [0.25, 0.3) is 0 Å². The standard InChI is InChI=1S/C13H16ClN3O/c14-7-3-11(17(6-7)8-1-2-8)13(18)16-12-9-4-15-5-10(9)12/h3,6,8-10,12,15H,1-2,4-5H2,(H,16,18). The highest BCUT2D eigenvalue weighted by Crippen LogP contribution is 2.42. The zero-order chi connectivity index (χ0) is 12.3. The molecule has 1 aromatic rings. The van der Waals surface area contributed by atoms with E-state index in [4.69, 9.17) is 11.6 Å². The van der Waals surface area contributed by atoms with E-state index >= 15 is 0 Å². The van der Waals surface area contributed by atoms with Gasteiger partial charge in [-0.3, -0.25) is 4.79 Å². The molecule has 0 aromatic carbocycles. The van der Waals surface area contributed by atoms with Gasteiger partial charge in [-0.2, -0.15) is 0 Å². The zero-order valence-electron chi connectivity index (χ0n) is 10.0. The van der Waals surface area contributed by atoms with Gasteiger partial charge in [0.15, 0.2) is 0 Å². The lowest BCUT2D eigenvalue weighted by Gasteiger charge is -2.10. The molecule has 2 N–H and O–H groups in total. The van der Waals surface area contributed by atoms with Crippen LogP contribution in [-0.4, -0.2) is 29.6 Å². The highest BCUT2D eigenvalue weighted by molar-refractivity contribution is 6.31. The van der Waals surface area contributed by atoms with Crippen molar-refractivity contribution < 1.29 is 4.79 Å². The number of fused-ring (bicyclic) bond motifs is 1. The maximum Gasteiger partial charge on any atom is 0.268 e. The molecule has 0 radical (unpaired) electrons. The first-order valence-electron chi connectivity index (χ1n) is 6.63. The lowest BCUT2D eigenvalue weighted by atomic mass is 10.3. The molecule has 2 heterocycles. The molecule has 5 heteroatoms. The number of amides is 1. The van der Waals surface area contributed by atoms with Gasteiger partial charge in [0.05, 0.1) is 5.02 Å². The molecule has 2 unspecified atom stereocenters. The molecule has 0 spiro atoms. The molecule has 1 amide bonds. The van der Waals surface area contributed by atoms with Crippen molar-refractivity contribution in [1.82, 2.24) is 15.2 Å². The third-order valence-electron chi connectivity index (χ3n) is 4.38. The summed E-state index contributed by atoms with van der Waals surface area (Å²) in [4.78, 5) is 12.3. The van der Waals surface area contributed by atoms with Crippen LogP contribution < -0.4 is 10.6 Å². The van der Waals surface area contributed by atoms with E-state index in [0.717, 1.165) is 31.6 Å². The molecule has 2 atom stereocenters. The van der Waals surface area contributed by atoms with Crippen LogP contribution in [0, 0.1) is 11.8 Å². The van der Waals surface area contributed by atoms with Crippen molar-refractivity contribution in [3.8, 4) is 0 Å². The molecule has 3 fully saturated rings. The van der Waals surface area contributed by atoms with Crippen molar-refractivity contribution >= 4 is 17.5 Å². The van der Waals surface area contributed by atoms with Crippen LogP contribution in [0.1, 0.15) is 29.4 Å². The maximum atomic E-state index is 12.3. The summed E-state index contributed by atoms with van der Waals surface area (Å²) in [5.74, 6) is 1.33. The minimum absolute atomic E-state index is 0.0354. The van der Waals surface area contributed by atoms with Gasteiger partial charge in [0.25, 0.3) is 5.91 Å². The minimum atomic E-state index is 0.0354. The van der Waals surface area contributed by atoms with Crippen LogP contribution in [0.5, 0.6) is 0 Å². The Balaban J connectivity index is 1.50. The van der Waals surface area contributed by atoms with Crippen molar-refractivity contribution in [2.24, 2.45) is 11.8 Å². The molecule has 3 aliphatic rings. The Morgan fingerprint density at radius 1 is 1.39 bits per heavy atom. The largest absolute Gasteiger partial charge is 0.347 e. The van der Waals surface area contributed by atoms with Gasteiger partial charge in [0.1, 0.15) is 5.69 Å². The summed E-state index contributed by atoms with van der Waals surface area (Å²) in [7, 11) is 0. The van der Waals surface area contributed by atoms with Crippen molar-refractivity contribution in [2.75, 3.05) is 13.1 Å². The number of aromatic nitrogens is 1. The molecule has 2 aliphatic carbocycles. The predicted molar refractivity (Wildman–Crippen MR) is 68.8 cm³/mol. The fourth-order valence-corrected chi connectivity index (χ4v) is 3.35. The Bertz CT molecular complexity index is 498. The van der Waals surface area contributed by atoms with Gasteiger partial charge in [-0.1, -0.05) is 11.6 Å². The number of piperidine rings is 1. The quantitative estimate of drug-likeness (QED) is 0.868. The molecular formula is C13H16ClN3O. The summed E-state index contributed by atoms with van der Waals surface area (Å²) in [6.07, 6.45) is 4.19. The topological polar surface area (TPSA) is 46.1 Å². The summed E-state index contributed by atoms with van der Waals surface area (Å²) in [6, 6.07) is 2.64. The van der Waals surface area contributed by atoms with E-state index in [1.54, 1.807) is 6.07 Å². The van der Waals surface area contributed by atoms with Gasteiger partial charge < -0.3 is 15.2 Å². The van der Waals surface area contributed by atoms with Crippen molar-refractivity contribution in [3.05, 3.63) is 23.0 Å². The number of nitrogens with one attached hydrogen (secondary N) is 2. The van der Waals surface area contributed by atoms with E-state index in [1.807, 2.05) is 10.8 Å². The number of hydrogen-bond donors (Lipinski definition) is 2. The Morgan fingerprint density at radius 3 is 2.78 bits per heavy atom. The average Bonchev–Trinajstić information content (AvgIpc) is 3.20. The average molecular weight is 266 g/mol. The third-order valence-corrected chi connectivity index (χ3v) is 4.58. The first-order chi connectivity index (χ1) is 8.74. The predicted octanol–water partition coefficient (Wildman–Crippen LogP) is 1.42. The van der Waals surface area contributed by atoms with Crippen LogP contribution in [0.2, 0.25) is 5.02 Å². The zero-order valence-corrected chi connectivity index (χ0v) is 10.8. The SMILES string of the molecule is O=C(NC1C2CNCC21)c1cc(Cl)cn1C1CC1. The fraction of sp³-hybridized carbons (Fsp3) is 0.615. The second-order valence-corrected chi connectivity index (χ2v) is 6.10. The van der Waals surface area contributed by atoms with Crippen molar-refractivity contribution in [1.29, 1.82) is 0 Å². The van der Waals surface area contributed by atoms with Gasteiger partial charge in [0.2, 0.25) is 0 Å². The molecule has 1 saturated heterocycles. The number of hydrogen-bond acceptors (Lipinski definition) is 2. The van der Waals surface area contributed by atoms with Gasteiger partial charge in [-0.25, -0.2) is 0 Å². The van der Waals surface area contributed by atoms with Gasteiger partial charge in [-0.05, 0) is 30.7 Å². The van der Waals surface area contributed by atoms with Gasteiger partial charge >= 0.3 is 0 Å². The number of carbonyl (C=O) groups is 1. The Labute approximate surface area is 111 Å². The van der Waals surface area contributed by atoms with E-state index in [-0.39, 0.29) is 5.91 Å². The van der Waals surface area contributed by atoms with E-state index in [2.05, 4.69) is 10.6 Å². The summed E-state index contributed by atoms with van der Waals surface area (Å²) < 4.78 is 2.04. The Kier molecular flexibility index (Phi) is 2.26. The lowest BCUT2D eigenvalue weighted by Crippen LogP contribution is -2.33. The molecule has 96 valence electrons.